The van der Waals surface area contributed by atoms with Crippen LogP contribution in [0.15, 0.2) is 4.99 Å². The SMILES string of the molecule is CCNC(=NCC1(C(=O)N(C)C)CCCC1)NC1CCN(CCS(C)(=O)=O)CC1.I. The van der Waals surface area contributed by atoms with Crippen LogP contribution in [0, 0.1) is 5.41 Å². The van der Waals surface area contributed by atoms with E-state index in [1.54, 1.807) is 4.90 Å². The molecule has 0 bridgehead atoms. The minimum Gasteiger partial charge on any atom is -0.357 e. The number of piperidine rings is 1. The van der Waals surface area contributed by atoms with Crippen LogP contribution in [-0.4, -0.2) is 95.0 Å². The number of hydrogen-bond donors (Lipinski definition) is 2. The van der Waals surface area contributed by atoms with E-state index in [0.717, 1.165) is 64.1 Å². The zero-order valence-corrected chi connectivity index (χ0v) is 22.1. The Hall–Kier alpha value is -0.620. The number of aliphatic imine (C=N–C) groups is 1. The van der Waals surface area contributed by atoms with Crippen LogP contribution in [-0.2, 0) is 14.6 Å². The highest BCUT2D eigenvalue weighted by atomic mass is 127. The molecule has 2 fully saturated rings. The second-order valence-corrected chi connectivity index (χ2v) is 11.0. The zero-order chi connectivity index (χ0) is 21.5. The van der Waals surface area contributed by atoms with Gasteiger partial charge in [-0.2, -0.15) is 0 Å². The Labute approximate surface area is 199 Å². The fraction of sp³-hybridized carbons (Fsp3) is 0.900. The Kier molecular flexibility index (Phi) is 11.4. The van der Waals surface area contributed by atoms with Crippen LogP contribution >= 0.6 is 24.0 Å². The predicted molar refractivity (Wildman–Crippen MR) is 133 cm³/mol. The van der Waals surface area contributed by atoms with Crippen molar-refractivity contribution in [3.05, 3.63) is 0 Å². The summed E-state index contributed by atoms with van der Waals surface area (Å²) in [7, 11) is 0.738. The summed E-state index contributed by atoms with van der Waals surface area (Å²) < 4.78 is 22.7. The van der Waals surface area contributed by atoms with Gasteiger partial charge in [0.2, 0.25) is 5.91 Å². The number of rotatable bonds is 8. The molecule has 0 atom stereocenters. The van der Waals surface area contributed by atoms with E-state index in [2.05, 4.69) is 15.5 Å². The van der Waals surface area contributed by atoms with E-state index in [1.807, 2.05) is 21.0 Å². The number of guanidine groups is 1. The summed E-state index contributed by atoms with van der Waals surface area (Å²) in [6.07, 6.45) is 7.19. The number of amides is 1. The smallest absolute Gasteiger partial charge is 0.230 e. The number of likely N-dealkylation sites (tertiary alicyclic amines) is 1. The van der Waals surface area contributed by atoms with Crippen molar-refractivity contribution in [3.63, 3.8) is 0 Å². The summed E-state index contributed by atoms with van der Waals surface area (Å²) in [6, 6.07) is 0.311. The fourth-order valence-electron chi connectivity index (χ4n) is 4.31. The van der Waals surface area contributed by atoms with Gasteiger partial charge >= 0.3 is 0 Å². The molecule has 30 heavy (non-hydrogen) atoms. The molecule has 0 unspecified atom stereocenters. The minimum absolute atomic E-state index is 0. The molecule has 176 valence electrons. The van der Waals surface area contributed by atoms with Crippen molar-refractivity contribution in [2.45, 2.75) is 51.5 Å². The molecule has 0 radical (unpaired) electrons. The van der Waals surface area contributed by atoms with E-state index < -0.39 is 9.84 Å². The van der Waals surface area contributed by atoms with Crippen molar-refractivity contribution < 1.29 is 13.2 Å². The highest BCUT2D eigenvalue weighted by Gasteiger charge is 2.42. The highest BCUT2D eigenvalue weighted by molar-refractivity contribution is 14.0. The third-order valence-corrected chi connectivity index (χ3v) is 6.94. The Morgan fingerprint density at radius 2 is 1.80 bits per heavy atom. The average Bonchev–Trinajstić information content (AvgIpc) is 3.14. The summed E-state index contributed by atoms with van der Waals surface area (Å²) >= 11 is 0. The molecular formula is C20H40IN5O3S. The van der Waals surface area contributed by atoms with Crippen molar-refractivity contribution in [2.24, 2.45) is 10.4 Å². The predicted octanol–water partition coefficient (Wildman–Crippen LogP) is 1.32. The number of nitrogens with one attached hydrogen (secondary N) is 2. The van der Waals surface area contributed by atoms with Crippen LogP contribution in [0.5, 0.6) is 0 Å². The quantitative estimate of drug-likeness (QED) is 0.266. The van der Waals surface area contributed by atoms with Crippen LogP contribution in [0.25, 0.3) is 0 Å². The highest BCUT2D eigenvalue weighted by Crippen LogP contribution is 2.39. The van der Waals surface area contributed by atoms with E-state index in [9.17, 15) is 13.2 Å². The Bertz CT molecular complexity index is 670. The molecule has 0 aromatic heterocycles. The molecule has 1 heterocycles. The van der Waals surface area contributed by atoms with Gasteiger partial charge in [0.05, 0.1) is 17.7 Å². The molecule has 8 nitrogen and oxygen atoms in total. The van der Waals surface area contributed by atoms with Gasteiger partial charge in [-0.15, -0.1) is 24.0 Å². The molecule has 0 spiro atoms. The first-order valence-corrected chi connectivity index (χ1v) is 12.9. The normalized spacial score (nSPS) is 20.5. The van der Waals surface area contributed by atoms with Gasteiger partial charge in [-0.25, -0.2) is 8.42 Å². The molecule has 10 heteroatoms. The van der Waals surface area contributed by atoms with E-state index in [1.165, 1.54) is 6.26 Å². The van der Waals surface area contributed by atoms with Crippen LogP contribution in [0.3, 0.4) is 0 Å². The van der Waals surface area contributed by atoms with Gasteiger partial charge in [-0.05, 0) is 32.6 Å². The molecule has 2 rings (SSSR count). The molecular weight excluding hydrogens is 517 g/mol. The number of nitrogens with zero attached hydrogens (tertiary/aromatic N) is 3. The first-order chi connectivity index (χ1) is 13.6. The topological polar surface area (TPSA) is 94.1 Å². The number of sulfone groups is 1. The number of carbonyl (C=O) groups is 1. The van der Waals surface area contributed by atoms with Gasteiger partial charge in [0.15, 0.2) is 5.96 Å². The maximum Gasteiger partial charge on any atom is 0.230 e. The molecule has 1 aliphatic heterocycles. The molecule has 0 aromatic rings. The first kappa shape index (κ1) is 27.4. The van der Waals surface area contributed by atoms with Gasteiger partial charge in [0.1, 0.15) is 9.84 Å². The van der Waals surface area contributed by atoms with Gasteiger partial charge in [-0.1, -0.05) is 12.8 Å². The fourth-order valence-corrected chi connectivity index (χ4v) is 4.90. The second-order valence-electron chi connectivity index (χ2n) is 8.77. The summed E-state index contributed by atoms with van der Waals surface area (Å²) in [5.41, 5.74) is -0.360. The number of hydrogen-bond acceptors (Lipinski definition) is 5. The zero-order valence-electron chi connectivity index (χ0n) is 18.9. The lowest BCUT2D eigenvalue weighted by atomic mass is 9.85. The molecule has 0 aromatic carbocycles. The van der Waals surface area contributed by atoms with Crippen LogP contribution in [0.4, 0.5) is 0 Å². The maximum absolute atomic E-state index is 12.8. The number of halogens is 1. The van der Waals surface area contributed by atoms with Gasteiger partial charge in [0, 0.05) is 52.6 Å². The summed E-state index contributed by atoms with van der Waals surface area (Å²) in [5, 5.41) is 6.84. The molecule has 1 saturated carbocycles. The molecule has 1 aliphatic carbocycles. The summed E-state index contributed by atoms with van der Waals surface area (Å²) in [5.74, 6) is 1.19. The lowest BCUT2D eigenvalue weighted by molar-refractivity contribution is -0.138. The summed E-state index contributed by atoms with van der Waals surface area (Å²) in [4.78, 5) is 21.5. The molecule has 1 amide bonds. The third kappa shape index (κ3) is 8.49. The molecule has 1 saturated heterocycles. The van der Waals surface area contributed by atoms with Crippen molar-refractivity contribution in [1.29, 1.82) is 0 Å². The summed E-state index contributed by atoms with van der Waals surface area (Å²) in [6.45, 7) is 5.71. The lowest BCUT2D eigenvalue weighted by Crippen LogP contribution is -2.49. The largest absolute Gasteiger partial charge is 0.357 e. The van der Waals surface area contributed by atoms with E-state index >= 15 is 0 Å². The maximum atomic E-state index is 12.8. The van der Waals surface area contributed by atoms with Crippen LogP contribution in [0.1, 0.15) is 45.4 Å². The monoisotopic (exact) mass is 557 g/mol. The Morgan fingerprint density at radius 1 is 1.20 bits per heavy atom. The van der Waals surface area contributed by atoms with Crippen molar-refractivity contribution >= 4 is 45.7 Å². The minimum atomic E-state index is -2.92. The standard InChI is InChI=1S/C20H39N5O3S.HI/c1-5-21-19(22-16-20(10-6-7-11-20)18(26)24(2)3)23-17-8-12-25(13-9-17)14-15-29(4,27)28;/h17H,5-16H2,1-4H3,(H2,21,22,23);1H. The van der Waals surface area contributed by atoms with E-state index in [-0.39, 0.29) is 41.1 Å². The van der Waals surface area contributed by atoms with Crippen molar-refractivity contribution in [1.82, 2.24) is 20.4 Å². The first-order valence-electron chi connectivity index (χ1n) is 10.8. The van der Waals surface area contributed by atoms with E-state index in [0.29, 0.717) is 19.1 Å². The third-order valence-electron chi connectivity index (χ3n) is 6.01. The van der Waals surface area contributed by atoms with Crippen molar-refractivity contribution in [2.75, 3.05) is 58.8 Å². The lowest BCUT2D eigenvalue weighted by Gasteiger charge is -2.33. The molecule has 2 N–H and O–H groups in total. The van der Waals surface area contributed by atoms with Gasteiger partial charge in [-0.3, -0.25) is 9.79 Å². The van der Waals surface area contributed by atoms with Gasteiger partial charge < -0.3 is 20.4 Å². The van der Waals surface area contributed by atoms with E-state index in [4.69, 9.17) is 4.99 Å². The Morgan fingerprint density at radius 3 is 2.30 bits per heavy atom. The van der Waals surface area contributed by atoms with Crippen LogP contribution < -0.4 is 10.6 Å². The Balaban J connectivity index is 0.00000450. The number of carbonyl (C=O) groups excluding carboxylic acids is 1. The van der Waals surface area contributed by atoms with Crippen LogP contribution in [0.2, 0.25) is 0 Å². The van der Waals surface area contributed by atoms with Gasteiger partial charge in [0.25, 0.3) is 0 Å². The molecule has 2 aliphatic rings. The average molecular weight is 558 g/mol. The second kappa shape index (κ2) is 12.4. The van der Waals surface area contributed by atoms with Crippen molar-refractivity contribution in [3.8, 4) is 0 Å².